The summed E-state index contributed by atoms with van der Waals surface area (Å²) >= 11 is 4.41. The Hall–Kier alpha value is 0.270. The van der Waals surface area contributed by atoms with Gasteiger partial charge in [-0.15, -0.1) is 0 Å². The molecule has 0 radical (unpaired) electrons. The van der Waals surface area contributed by atoms with E-state index in [2.05, 4.69) is 45.3 Å². The molecule has 0 saturated heterocycles. The third-order valence-electron chi connectivity index (χ3n) is 2.63. The minimum absolute atomic E-state index is 0.273. The Kier molecular flexibility index (Phi) is 5.65. The maximum Gasteiger partial charge on any atom is 0.0718 e. The maximum absolute atomic E-state index is 9.72. The van der Waals surface area contributed by atoms with Crippen LogP contribution in [0.15, 0.2) is 0 Å². The van der Waals surface area contributed by atoms with Gasteiger partial charge in [0.1, 0.15) is 0 Å². The molecule has 92 valence electrons. The van der Waals surface area contributed by atoms with E-state index in [1.54, 1.807) is 0 Å². The van der Waals surface area contributed by atoms with E-state index < -0.39 is 5.60 Å². The van der Waals surface area contributed by atoms with Crippen LogP contribution >= 0.6 is 12.6 Å². The summed E-state index contributed by atoms with van der Waals surface area (Å²) < 4.78 is 0. The van der Waals surface area contributed by atoms with Gasteiger partial charge in [0.2, 0.25) is 0 Å². The molecular formula is C12H27NOS. The summed E-state index contributed by atoms with van der Waals surface area (Å²) in [5.74, 6) is 1.44. The van der Waals surface area contributed by atoms with Gasteiger partial charge >= 0.3 is 0 Å². The second kappa shape index (κ2) is 5.55. The van der Waals surface area contributed by atoms with Crippen LogP contribution in [-0.2, 0) is 0 Å². The zero-order valence-corrected chi connectivity index (χ0v) is 11.9. The molecule has 0 saturated carbocycles. The van der Waals surface area contributed by atoms with Crippen LogP contribution in [0.3, 0.4) is 0 Å². The van der Waals surface area contributed by atoms with E-state index in [1.165, 1.54) is 0 Å². The molecule has 0 bridgehead atoms. The van der Waals surface area contributed by atoms with Crippen LogP contribution in [-0.4, -0.2) is 41.5 Å². The lowest BCUT2D eigenvalue weighted by Gasteiger charge is -2.35. The van der Waals surface area contributed by atoms with Crippen molar-refractivity contribution in [3.8, 4) is 0 Å². The Morgan fingerprint density at radius 1 is 1.20 bits per heavy atom. The van der Waals surface area contributed by atoms with Crippen molar-refractivity contribution < 1.29 is 5.11 Å². The van der Waals surface area contributed by atoms with Gasteiger partial charge in [0.05, 0.1) is 5.60 Å². The van der Waals surface area contributed by atoms with Gasteiger partial charge in [-0.2, -0.15) is 12.6 Å². The molecule has 0 spiro atoms. The Morgan fingerprint density at radius 3 is 1.93 bits per heavy atom. The Labute approximate surface area is 100 Å². The zero-order valence-electron chi connectivity index (χ0n) is 11.0. The number of likely N-dealkylation sites (N-methyl/N-ethyl adjacent to an activating group) is 1. The Bertz CT molecular complexity index is 181. The predicted molar refractivity (Wildman–Crippen MR) is 70.6 cm³/mol. The topological polar surface area (TPSA) is 23.5 Å². The van der Waals surface area contributed by atoms with E-state index in [0.29, 0.717) is 12.5 Å². The van der Waals surface area contributed by atoms with Gasteiger partial charge in [0.15, 0.2) is 0 Å². The van der Waals surface area contributed by atoms with Crippen molar-refractivity contribution in [1.82, 2.24) is 4.90 Å². The summed E-state index contributed by atoms with van der Waals surface area (Å²) in [6.45, 7) is 12.1. The molecule has 2 nitrogen and oxygen atoms in total. The number of hydrogen-bond donors (Lipinski definition) is 2. The molecule has 0 aliphatic heterocycles. The van der Waals surface area contributed by atoms with Crippen LogP contribution in [0, 0.1) is 11.3 Å². The van der Waals surface area contributed by atoms with Gasteiger partial charge in [-0.25, -0.2) is 0 Å². The molecule has 0 aromatic heterocycles. The highest BCUT2D eigenvalue weighted by atomic mass is 32.1. The molecule has 0 heterocycles. The summed E-state index contributed by atoms with van der Waals surface area (Å²) in [5.41, 5.74) is -0.344. The van der Waals surface area contributed by atoms with Crippen molar-refractivity contribution in [3.05, 3.63) is 0 Å². The lowest BCUT2D eigenvalue weighted by atomic mass is 9.81. The average molecular weight is 233 g/mol. The number of aliphatic hydroxyl groups is 1. The first-order valence-corrected chi connectivity index (χ1v) is 6.21. The maximum atomic E-state index is 9.72. The minimum Gasteiger partial charge on any atom is -0.389 e. The first-order chi connectivity index (χ1) is 6.56. The molecular weight excluding hydrogens is 206 g/mol. The van der Waals surface area contributed by atoms with Gasteiger partial charge in [0, 0.05) is 13.1 Å². The smallest absolute Gasteiger partial charge is 0.0718 e. The average Bonchev–Trinajstić information content (AvgIpc) is 1.94. The minimum atomic E-state index is -0.617. The second-order valence-corrected chi connectivity index (χ2v) is 6.62. The normalized spacial score (nSPS) is 15.8. The molecule has 1 atom stereocenters. The summed E-state index contributed by atoms with van der Waals surface area (Å²) in [6, 6.07) is 0. The van der Waals surface area contributed by atoms with Gasteiger partial charge in [0.25, 0.3) is 0 Å². The van der Waals surface area contributed by atoms with Crippen molar-refractivity contribution in [3.63, 3.8) is 0 Å². The van der Waals surface area contributed by atoms with Gasteiger partial charge in [-0.05, 0) is 38.0 Å². The molecule has 15 heavy (non-hydrogen) atoms. The number of hydrogen-bond acceptors (Lipinski definition) is 3. The first-order valence-electron chi connectivity index (χ1n) is 5.58. The van der Waals surface area contributed by atoms with Gasteiger partial charge < -0.3 is 10.0 Å². The third kappa shape index (κ3) is 7.20. The van der Waals surface area contributed by atoms with E-state index in [0.717, 1.165) is 12.3 Å². The van der Waals surface area contributed by atoms with Gasteiger partial charge in [-0.1, -0.05) is 20.8 Å². The highest BCUT2D eigenvalue weighted by Gasteiger charge is 2.26. The molecule has 3 heteroatoms. The summed E-state index contributed by atoms with van der Waals surface area (Å²) in [5, 5.41) is 9.72. The number of rotatable bonds is 5. The monoisotopic (exact) mass is 233 g/mol. The van der Waals surface area contributed by atoms with Crippen molar-refractivity contribution in [2.24, 2.45) is 11.3 Å². The fraction of sp³-hybridized carbons (Fsp3) is 1.00. The summed E-state index contributed by atoms with van der Waals surface area (Å²) in [7, 11) is 2.06. The van der Waals surface area contributed by atoms with Crippen LogP contribution in [0.1, 0.15) is 34.6 Å². The largest absolute Gasteiger partial charge is 0.389 e. The van der Waals surface area contributed by atoms with Crippen molar-refractivity contribution in [1.29, 1.82) is 0 Å². The molecule has 0 rings (SSSR count). The number of nitrogens with zero attached hydrogens (tertiary/aromatic N) is 1. The molecule has 0 fully saturated rings. The zero-order chi connectivity index (χ0) is 12.3. The SMILES string of the molecule is CN(CC(CS)C(C)(C)C)CC(C)(C)O. The molecule has 0 amide bonds. The Morgan fingerprint density at radius 2 is 1.67 bits per heavy atom. The summed E-state index contributed by atoms with van der Waals surface area (Å²) in [6.07, 6.45) is 0. The summed E-state index contributed by atoms with van der Waals surface area (Å²) in [4.78, 5) is 2.19. The fourth-order valence-corrected chi connectivity index (χ4v) is 2.37. The van der Waals surface area contributed by atoms with E-state index in [4.69, 9.17) is 0 Å². The molecule has 0 aliphatic rings. The first kappa shape index (κ1) is 15.3. The molecule has 0 aliphatic carbocycles. The molecule has 1 unspecified atom stereocenters. The standard InChI is InChI=1S/C12H27NOS/c1-11(2,3)10(8-15)7-13(6)9-12(4,5)14/h10,14-15H,7-9H2,1-6H3. The highest BCUT2D eigenvalue weighted by molar-refractivity contribution is 7.80. The molecule has 1 N–H and O–H groups in total. The Balaban J connectivity index is 4.20. The highest BCUT2D eigenvalue weighted by Crippen LogP contribution is 2.27. The molecule has 0 aromatic carbocycles. The van der Waals surface area contributed by atoms with E-state index in [-0.39, 0.29) is 5.41 Å². The lowest BCUT2D eigenvalue weighted by molar-refractivity contribution is 0.0351. The fourth-order valence-electron chi connectivity index (χ4n) is 1.71. The van der Waals surface area contributed by atoms with Crippen LogP contribution in [0.5, 0.6) is 0 Å². The van der Waals surface area contributed by atoms with E-state index in [1.807, 2.05) is 13.8 Å². The van der Waals surface area contributed by atoms with Crippen LogP contribution in [0.25, 0.3) is 0 Å². The predicted octanol–water partition coefficient (Wildman–Crippen LogP) is 2.28. The van der Waals surface area contributed by atoms with Crippen molar-refractivity contribution >= 4 is 12.6 Å². The quantitative estimate of drug-likeness (QED) is 0.712. The van der Waals surface area contributed by atoms with Crippen molar-refractivity contribution in [2.75, 3.05) is 25.9 Å². The molecule has 0 aromatic rings. The van der Waals surface area contributed by atoms with Gasteiger partial charge in [-0.3, -0.25) is 0 Å². The van der Waals surface area contributed by atoms with Crippen LogP contribution < -0.4 is 0 Å². The van der Waals surface area contributed by atoms with E-state index >= 15 is 0 Å². The van der Waals surface area contributed by atoms with Crippen LogP contribution in [0.4, 0.5) is 0 Å². The number of thiol groups is 1. The van der Waals surface area contributed by atoms with Crippen LogP contribution in [0.2, 0.25) is 0 Å². The van der Waals surface area contributed by atoms with E-state index in [9.17, 15) is 5.11 Å². The lowest BCUT2D eigenvalue weighted by Crippen LogP contribution is -2.41. The third-order valence-corrected chi connectivity index (χ3v) is 3.07. The second-order valence-electron chi connectivity index (χ2n) is 6.25. The van der Waals surface area contributed by atoms with Crippen molar-refractivity contribution in [2.45, 2.75) is 40.2 Å².